The van der Waals surface area contributed by atoms with Crippen LogP contribution in [0.4, 0.5) is 0 Å². The zero-order valence-electron chi connectivity index (χ0n) is 12.9. The fraction of sp³-hybridized carbons (Fsp3) is 0.125. The molecule has 4 aromatic rings. The van der Waals surface area contributed by atoms with E-state index in [9.17, 15) is 0 Å². The molecular formula is C16H14N6S2. The van der Waals surface area contributed by atoms with Crippen molar-refractivity contribution in [3.05, 3.63) is 54.4 Å². The third kappa shape index (κ3) is 3.02. The van der Waals surface area contributed by atoms with Crippen LogP contribution in [0, 0.1) is 6.92 Å². The van der Waals surface area contributed by atoms with Crippen molar-refractivity contribution < 1.29 is 0 Å². The molecule has 2 N–H and O–H groups in total. The lowest BCUT2D eigenvalue weighted by Gasteiger charge is -2.09. The highest BCUT2D eigenvalue weighted by Gasteiger charge is 2.10. The van der Waals surface area contributed by atoms with Gasteiger partial charge in [-0.3, -0.25) is 10.1 Å². The van der Waals surface area contributed by atoms with Crippen molar-refractivity contribution in [1.29, 1.82) is 0 Å². The van der Waals surface area contributed by atoms with E-state index in [0.29, 0.717) is 0 Å². The van der Waals surface area contributed by atoms with E-state index in [-0.39, 0.29) is 0 Å². The van der Waals surface area contributed by atoms with E-state index in [0.717, 1.165) is 37.4 Å². The number of H-pyrrole nitrogens is 2. The summed E-state index contributed by atoms with van der Waals surface area (Å²) in [6.45, 7) is 2.09. The quantitative estimate of drug-likeness (QED) is 0.530. The Hall–Kier alpha value is -2.32. The van der Waals surface area contributed by atoms with E-state index in [2.05, 4.69) is 43.1 Å². The molecule has 8 heteroatoms. The van der Waals surface area contributed by atoms with Gasteiger partial charge in [0.25, 0.3) is 0 Å². The van der Waals surface area contributed by atoms with Gasteiger partial charge in [0.2, 0.25) is 0 Å². The smallest absolute Gasteiger partial charge is 0.188 e. The van der Waals surface area contributed by atoms with Crippen LogP contribution in [0.3, 0.4) is 0 Å². The predicted molar refractivity (Wildman–Crippen MR) is 95.1 cm³/mol. The van der Waals surface area contributed by atoms with Gasteiger partial charge in [-0.1, -0.05) is 6.07 Å². The molecule has 0 aliphatic rings. The summed E-state index contributed by atoms with van der Waals surface area (Å²) < 4.78 is 0. The second-order valence-corrected chi connectivity index (χ2v) is 7.16. The Morgan fingerprint density at radius 3 is 2.92 bits per heavy atom. The normalized spacial score (nSPS) is 11.2. The third-order valence-corrected chi connectivity index (χ3v) is 5.75. The van der Waals surface area contributed by atoms with Crippen LogP contribution in [0.15, 0.2) is 58.1 Å². The average molecular weight is 354 g/mol. The van der Waals surface area contributed by atoms with E-state index >= 15 is 0 Å². The van der Waals surface area contributed by atoms with Crippen molar-refractivity contribution in [3.63, 3.8) is 0 Å². The lowest BCUT2D eigenvalue weighted by molar-refractivity contribution is 0.970. The van der Waals surface area contributed by atoms with Crippen molar-refractivity contribution in [3.8, 4) is 0 Å². The number of pyridine rings is 1. The molecule has 24 heavy (non-hydrogen) atoms. The molecule has 0 aliphatic carbocycles. The predicted octanol–water partition coefficient (Wildman–Crippen LogP) is 3.83. The van der Waals surface area contributed by atoms with Crippen molar-refractivity contribution in [1.82, 2.24) is 30.1 Å². The number of hydrogen-bond donors (Lipinski definition) is 2. The molecule has 0 spiro atoms. The van der Waals surface area contributed by atoms with E-state index in [1.54, 1.807) is 29.9 Å². The van der Waals surface area contributed by atoms with Crippen LogP contribution in [0.1, 0.15) is 11.3 Å². The number of hydrogen-bond acceptors (Lipinski definition) is 6. The van der Waals surface area contributed by atoms with Gasteiger partial charge in [-0.05, 0) is 42.4 Å². The fourth-order valence-corrected chi connectivity index (χ4v) is 4.23. The molecule has 0 aliphatic heterocycles. The van der Waals surface area contributed by atoms with Crippen molar-refractivity contribution in [2.45, 2.75) is 27.6 Å². The molecule has 3 heterocycles. The molecule has 3 aromatic heterocycles. The minimum atomic E-state index is 0.782. The van der Waals surface area contributed by atoms with E-state index in [1.165, 1.54) is 11.9 Å². The second kappa shape index (κ2) is 6.66. The SMILES string of the molecule is Cc1c(Sc2ncn[nH]2)ccnc1CSc1cccc2[nH]cnc12. The minimum absolute atomic E-state index is 0.782. The van der Waals surface area contributed by atoms with Gasteiger partial charge in [0.05, 0.1) is 17.5 Å². The number of aromatic amines is 2. The van der Waals surface area contributed by atoms with Crippen LogP contribution < -0.4 is 0 Å². The largest absolute Gasteiger partial charge is 0.345 e. The van der Waals surface area contributed by atoms with E-state index in [4.69, 9.17) is 0 Å². The molecule has 120 valence electrons. The van der Waals surface area contributed by atoms with Gasteiger partial charge >= 0.3 is 0 Å². The molecule has 0 unspecified atom stereocenters. The maximum Gasteiger partial charge on any atom is 0.188 e. The first-order chi connectivity index (χ1) is 11.8. The first-order valence-corrected chi connectivity index (χ1v) is 9.14. The number of thioether (sulfide) groups is 1. The average Bonchev–Trinajstić information content (AvgIpc) is 3.27. The molecular weight excluding hydrogens is 340 g/mol. The Bertz CT molecular complexity index is 964. The highest BCUT2D eigenvalue weighted by atomic mass is 32.2. The van der Waals surface area contributed by atoms with Gasteiger partial charge in [-0.25, -0.2) is 9.97 Å². The summed E-state index contributed by atoms with van der Waals surface area (Å²) >= 11 is 3.31. The summed E-state index contributed by atoms with van der Waals surface area (Å²) in [6, 6.07) is 8.17. The van der Waals surface area contributed by atoms with Crippen LogP contribution >= 0.6 is 23.5 Å². The van der Waals surface area contributed by atoms with Gasteiger partial charge in [-0.2, -0.15) is 5.10 Å². The molecule has 1 aromatic carbocycles. The van der Waals surface area contributed by atoms with Crippen LogP contribution in [-0.4, -0.2) is 30.1 Å². The molecule has 0 atom stereocenters. The highest BCUT2D eigenvalue weighted by Crippen LogP contribution is 2.32. The molecule has 0 bridgehead atoms. The Morgan fingerprint density at radius 1 is 1.08 bits per heavy atom. The Balaban J connectivity index is 1.55. The zero-order chi connectivity index (χ0) is 16.4. The van der Waals surface area contributed by atoms with Crippen LogP contribution in [0.25, 0.3) is 11.0 Å². The number of benzene rings is 1. The molecule has 0 amide bonds. The van der Waals surface area contributed by atoms with Crippen LogP contribution in [0.2, 0.25) is 0 Å². The number of fused-ring (bicyclic) bond motifs is 1. The number of rotatable bonds is 5. The fourth-order valence-electron chi connectivity index (χ4n) is 2.36. The minimum Gasteiger partial charge on any atom is -0.345 e. The Morgan fingerprint density at radius 2 is 2.04 bits per heavy atom. The van der Waals surface area contributed by atoms with Gasteiger partial charge in [-0.15, -0.1) is 11.8 Å². The zero-order valence-corrected chi connectivity index (χ0v) is 14.5. The van der Waals surface area contributed by atoms with Crippen LogP contribution in [-0.2, 0) is 5.75 Å². The monoisotopic (exact) mass is 354 g/mol. The van der Waals surface area contributed by atoms with Gasteiger partial charge in [0.1, 0.15) is 11.8 Å². The number of nitrogens with one attached hydrogen (secondary N) is 2. The molecule has 0 radical (unpaired) electrons. The molecule has 0 saturated carbocycles. The summed E-state index contributed by atoms with van der Waals surface area (Å²) in [6.07, 6.45) is 5.09. The first-order valence-electron chi connectivity index (χ1n) is 7.34. The summed E-state index contributed by atoms with van der Waals surface area (Å²) in [4.78, 5) is 18.5. The number of aromatic nitrogens is 6. The van der Waals surface area contributed by atoms with Crippen molar-refractivity contribution in [2.75, 3.05) is 0 Å². The molecule has 4 rings (SSSR count). The lowest BCUT2D eigenvalue weighted by Crippen LogP contribution is -1.94. The standard InChI is InChI=1S/C16H14N6S2/c1-10-12(17-6-5-13(10)24-16-20-9-21-22-16)7-23-14-4-2-3-11-15(14)19-8-18-11/h2-6,8-9H,7H2,1H3,(H,18,19)(H,20,21,22). The highest BCUT2D eigenvalue weighted by molar-refractivity contribution is 7.99. The molecule has 0 fully saturated rings. The Labute approximate surface area is 146 Å². The summed E-state index contributed by atoms with van der Waals surface area (Å²) in [7, 11) is 0. The summed E-state index contributed by atoms with van der Waals surface area (Å²) in [5, 5.41) is 7.54. The topological polar surface area (TPSA) is 83.1 Å². The van der Waals surface area contributed by atoms with Gasteiger partial charge < -0.3 is 4.98 Å². The maximum atomic E-state index is 4.54. The van der Waals surface area contributed by atoms with Crippen molar-refractivity contribution in [2.24, 2.45) is 0 Å². The van der Waals surface area contributed by atoms with Crippen LogP contribution in [0.5, 0.6) is 0 Å². The van der Waals surface area contributed by atoms with Gasteiger partial charge in [0, 0.05) is 21.7 Å². The number of imidazole rings is 1. The first kappa shape index (κ1) is 15.2. The Kier molecular flexibility index (Phi) is 4.22. The lowest BCUT2D eigenvalue weighted by atomic mass is 10.2. The number of nitrogens with zero attached hydrogens (tertiary/aromatic N) is 4. The second-order valence-electron chi connectivity index (χ2n) is 5.12. The summed E-state index contributed by atoms with van der Waals surface area (Å²) in [5.41, 5.74) is 4.30. The van der Waals surface area contributed by atoms with Gasteiger partial charge in [0.15, 0.2) is 5.16 Å². The maximum absolute atomic E-state index is 4.54. The van der Waals surface area contributed by atoms with Crippen molar-refractivity contribution >= 4 is 34.6 Å². The molecule has 6 nitrogen and oxygen atoms in total. The van der Waals surface area contributed by atoms with E-state index < -0.39 is 0 Å². The molecule has 0 saturated heterocycles. The van der Waals surface area contributed by atoms with E-state index in [1.807, 2.05) is 24.4 Å². The summed E-state index contributed by atoms with van der Waals surface area (Å²) in [5.74, 6) is 0.794. The third-order valence-electron chi connectivity index (χ3n) is 3.64. The number of para-hydroxylation sites is 1.